The van der Waals surface area contributed by atoms with Crippen LogP contribution in [0, 0.1) is 17.7 Å². The number of hydrogen-bond acceptors (Lipinski definition) is 5. The summed E-state index contributed by atoms with van der Waals surface area (Å²) in [5.41, 5.74) is 3.74. The second-order valence-corrected chi connectivity index (χ2v) is 9.34. The number of rotatable bonds is 12. The SMILES string of the molecule is C=C(C)C(=O)OCCCCCCOc1ccc(C#Cc2ccc(-c3ccc(OC)cc3)c(F)c2)cc1.C=C(C)C=O. The molecule has 0 aliphatic rings. The fourth-order valence-electron chi connectivity index (χ4n) is 3.41. The summed E-state index contributed by atoms with van der Waals surface area (Å²) in [7, 11) is 1.60. The number of methoxy groups -OCH3 is 1. The third-order valence-corrected chi connectivity index (χ3v) is 5.67. The van der Waals surface area contributed by atoms with E-state index in [1.807, 2.05) is 54.6 Å². The number of benzene rings is 3. The molecular formula is C35H37FO5. The van der Waals surface area contributed by atoms with Crippen molar-refractivity contribution in [3.63, 3.8) is 0 Å². The van der Waals surface area contributed by atoms with Crippen molar-refractivity contribution >= 4 is 12.3 Å². The van der Waals surface area contributed by atoms with Crippen molar-refractivity contribution in [2.75, 3.05) is 20.3 Å². The number of hydrogen-bond donors (Lipinski definition) is 0. The van der Waals surface area contributed by atoms with E-state index in [0.717, 1.165) is 54.6 Å². The molecule has 0 aliphatic heterocycles. The van der Waals surface area contributed by atoms with Crippen LogP contribution in [-0.4, -0.2) is 32.6 Å². The van der Waals surface area contributed by atoms with E-state index < -0.39 is 0 Å². The molecule has 41 heavy (non-hydrogen) atoms. The Morgan fingerprint density at radius 3 is 1.95 bits per heavy atom. The standard InChI is InChI=1S/C31H31FO4.C4H6O/c1-23(2)31(33)36-21-7-5-4-6-20-35-28-15-10-24(11-16-28)8-9-25-12-19-29(30(32)22-25)26-13-17-27(34-3)18-14-26;1-4(2)3-5/h10-19,22H,1,4-7,20-21H2,2-3H3;3H,1H2,2H3. The van der Waals surface area contributed by atoms with Crippen molar-refractivity contribution < 1.29 is 28.2 Å². The minimum absolute atomic E-state index is 0.316. The molecule has 0 bridgehead atoms. The van der Waals surface area contributed by atoms with Crippen LogP contribution in [0.15, 0.2) is 91.0 Å². The average Bonchev–Trinajstić information content (AvgIpc) is 2.98. The van der Waals surface area contributed by atoms with Crippen molar-refractivity contribution in [3.8, 4) is 34.5 Å². The normalized spacial score (nSPS) is 9.76. The van der Waals surface area contributed by atoms with E-state index in [2.05, 4.69) is 25.0 Å². The van der Waals surface area contributed by atoms with Gasteiger partial charge in [0.2, 0.25) is 0 Å². The minimum atomic E-state index is -0.332. The van der Waals surface area contributed by atoms with E-state index in [1.165, 1.54) is 6.07 Å². The molecule has 0 amide bonds. The summed E-state index contributed by atoms with van der Waals surface area (Å²) in [5.74, 6) is 6.96. The minimum Gasteiger partial charge on any atom is -0.497 e. The molecule has 3 rings (SSSR count). The van der Waals surface area contributed by atoms with Crippen LogP contribution >= 0.6 is 0 Å². The highest BCUT2D eigenvalue weighted by atomic mass is 19.1. The van der Waals surface area contributed by atoms with Gasteiger partial charge in [-0.15, -0.1) is 0 Å². The molecule has 0 N–H and O–H groups in total. The molecule has 0 heterocycles. The Morgan fingerprint density at radius 2 is 1.39 bits per heavy atom. The summed E-state index contributed by atoms with van der Waals surface area (Å²) < 4.78 is 30.7. The number of unbranched alkanes of at least 4 members (excludes halogenated alkanes) is 3. The van der Waals surface area contributed by atoms with Gasteiger partial charge < -0.3 is 14.2 Å². The Balaban J connectivity index is 0.00000108. The van der Waals surface area contributed by atoms with Crippen LogP contribution in [0.4, 0.5) is 4.39 Å². The van der Waals surface area contributed by atoms with Gasteiger partial charge in [-0.1, -0.05) is 43.2 Å². The molecule has 0 saturated heterocycles. The van der Waals surface area contributed by atoms with Gasteiger partial charge in [0.1, 0.15) is 23.6 Å². The van der Waals surface area contributed by atoms with Crippen LogP contribution < -0.4 is 9.47 Å². The van der Waals surface area contributed by atoms with Gasteiger partial charge in [0.15, 0.2) is 0 Å². The molecule has 5 nitrogen and oxygen atoms in total. The van der Waals surface area contributed by atoms with E-state index in [9.17, 15) is 14.0 Å². The Morgan fingerprint density at radius 1 is 0.829 bits per heavy atom. The first-order valence-corrected chi connectivity index (χ1v) is 13.4. The first kappa shape index (κ1) is 32.6. The molecule has 0 atom stereocenters. The molecule has 3 aromatic rings. The summed E-state index contributed by atoms with van der Waals surface area (Å²) in [5, 5.41) is 0. The lowest BCUT2D eigenvalue weighted by Gasteiger charge is -2.07. The fraction of sp³-hybridized carbons (Fsp3) is 0.257. The predicted octanol–water partition coefficient (Wildman–Crippen LogP) is 7.72. The Hall–Kier alpha value is -4.63. The number of carbonyl (C=O) groups excluding carboxylic acids is 2. The maximum Gasteiger partial charge on any atom is 0.333 e. The quantitative estimate of drug-likeness (QED) is 0.0751. The van der Waals surface area contributed by atoms with E-state index in [4.69, 9.17) is 14.2 Å². The lowest BCUT2D eigenvalue weighted by atomic mass is 10.0. The molecule has 0 unspecified atom stereocenters. The molecule has 0 saturated carbocycles. The van der Waals surface area contributed by atoms with Gasteiger partial charge in [0.25, 0.3) is 0 Å². The molecule has 214 valence electrons. The third kappa shape index (κ3) is 12.4. The lowest BCUT2D eigenvalue weighted by molar-refractivity contribution is -0.139. The van der Waals surface area contributed by atoms with Crippen molar-refractivity contribution in [1.29, 1.82) is 0 Å². The molecular weight excluding hydrogens is 519 g/mol. The van der Waals surface area contributed by atoms with Gasteiger partial charge in [-0.3, -0.25) is 4.79 Å². The monoisotopic (exact) mass is 556 g/mol. The van der Waals surface area contributed by atoms with Crippen molar-refractivity contribution in [3.05, 3.63) is 108 Å². The zero-order valence-electron chi connectivity index (χ0n) is 24.0. The maximum absolute atomic E-state index is 14.7. The number of esters is 1. The number of allylic oxidation sites excluding steroid dienone is 1. The first-order chi connectivity index (χ1) is 19.7. The smallest absolute Gasteiger partial charge is 0.333 e. The number of ether oxygens (including phenoxy) is 3. The molecule has 0 spiro atoms. The van der Waals surface area contributed by atoms with Gasteiger partial charge in [0, 0.05) is 22.3 Å². The highest BCUT2D eigenvalue weighted by Crippen LogP contribution is 2.25. The number of aldehydes is 1. The van der Waals surface area contributed by atoms with Gasteiger partial charge in [-0.25, -0.2) is 9.18 Å². The van der Waals surface area contributed by atoms with E-state index >= 15 is 0 Å². The summed E-state index contributed by atoms with van der Waals surface area (Å²) in [4.78, 5) is 20.7. The second kappa shape index (κ2) is 17.9. The van der Waals surface area contributed by atoms with Gasteiger partial charge in [0.05, 0.1) is 20.3 Å². The lowest BCUT2D eigenvalue weighted by Crippen LogP contribution is -2.06. The average molecular weight is 557 g/mol. The van der Waals surface area contributed by atoms with E-state index in [1.54, 1.807) is 27.0 Å². The van der Waals surface area contributed by atoms with Gasteiger partial charge in [-0.05, 0) is 99.2 Å². The predicted molar refractivity (Wildman–Crippen MR) is 161 cm³/mol. The molecule has 0 aromatic heterocycles. The highest BCUT2D eigenvalue weighted by Gasteiger charge is 2.06. The fourth-order valence-corrected chi connectivity index (χ4v) is 3.41. The zero-order chi connectivity index (χ0) is 30.0. The van der Waals surface area contributed by atoms with Gasteiger partial charge in [-0.2, -0.15) is 0 Å². The third-order valence-electron chi connectivity index (χ3n) is 5.67. The Labute approximate surface area is 242 Å². The Bertz CT molecular complexity index is 1360. The largest absolute Gasteiger partial charge is 0.497 e. The van der Waals surface area contributed by atoms with E-state index in [0.29, 0.717) is 35.5 Å². The zero-order valence-corrected chi connectivity index (χ0v) is 24.0. The number of halogens is 1. The summed E-state index contributed by atoms with van der Waals surface area (Å²) in [6.45, 7) is 11.2. The summed E-state index contributed by atoms with van der Waals surface area (Å²) in [6, 6.07) is 19.8. The van der Waals surface area contributed by atoms with Crippen LogP contribution in [0.5, 0.6) is 11.5 Å². The number of carbonyl (C=O) groups is 2. The molecule has 0 fully saturated rings. The van der Waals surface area contributed by atoms with Crippen molar-refractivity contribution in [1.82, 2.24) is 0 Å². The maximum atomic E-state index is 14.7. The van der Waals surface area contributed by atoms with Crippen molar-refractivity contribution in [2.24, 2.45) is 0 Å². The summed E-state index contributed by atoms with van der Waals surface area (Å²) >= 11 is 0. The Kier molecular flexibility index (Phi) is 14.2. The first-order valence-electron chi connectivity index (χ1n) is 13.4. The molecule has 0 radical (unpaired) electrons. The van der Waals surface area contributed by atoms with Crippen LogP contribution in [0.1, 0.15) is 50.7 Å². The van der Waals surface area contributed by atoms with Crippen LogP contribution in [0.2, 0.25) is 0 Å². The molecule has 6 heteroatoms. The molecule has 0 aliphatic carbocycles. The van der Waals surface area contributed by atoms with Crippen LogP contribution in [0.25, 0.3) is 11.1 Å². The van der Waals surface area contributed by atoms with Crippen LogP contribution in [0.3, 0.4) is 0 Å². The van der Waals surface area contributed by atoms with Crippen molar-refractivity contribution in [2.45, 2.75) is 39.5 Å². The van der Waals surface area contributed by atoms with Crippen LogP contribution in [-0.2, 0) is 14.3 Å². The molecule has 3 aromatic carbocycles. The summed E-state index contributed by atoms with van der Waals surface area (Å²) in [6.07, 6.45) is 4.46. The topological polar surface area (TPSA) is 61.8 Å². The van der Waals surface area contributed by atoms with Gasteiger partial charge >= 0.3 is 5.97 Å². The second-order valence-electron chi connectivity index (χ2n) is 9.34. The van der Waals surface area contributed by atoms with E-state index in [-0.39, 0.29) is 11.8 Å². The highest BCUT2D eigenvalue weighted by molar-refractivity contribution is 5.86.